The van der Waals surface area contributed by atoms with Crippen LogP contribution in [0.25, 0.3) is 0 Å². The summed E-state index contributed by atoms with van der Waals surface area (Å²) in [7, 11) is 10.2. The standard InChI is InChI=1S/2C18H33P.C4H10Si.2ClH.Ru/c2*1-4-10-16(11-5-1)19(17-12-6-2-7-13-17)18-14-8-3-9-15-18;1-5(2,3)4;;;/h2*16-18H,1-15H2;1H,2-4H3;2*1H;/q;;;;;+2. The molecular formula is C40H78Cl2P2RuSi+2. The van der Waals surface area contributed by atoms with Gasteiger partial charge in [-0.25, -0.2) is 0 Å². The molecule has 6 aliphatic rings. The number of halogens is 2. The van der Waals surface area contributed by atoms with Gasteiger partial charge >= 0.3 is 64.8 Å². The third-order valence-electron chi connectivity index (χ3n) is 12.8. The zero-order valence-corrected chi connectivity index (χ0v) is 37.1. The molecule has 6 rings (SSSR count). The van der Waals surface area contributed by atoms with Crippen LogP contribution >= 0.6 is 35.2 Å². The first-order valence-corrected chi connectivity index (χ1v) is 33.4. The molecule has 6 heteroatoms. The molecule has 0 aromatic heterocycles. The predicted octanol–water partition coefficient (Wildman–Crippen LogP) is 15.0. The van der Waals surface area contributed by atoms with Gasteiger partial charge in [0, 0.05) is 15.8 Å². The van der Waals surface area contributed by atoms with Crippen LogP contribution in [0.4, 0.5) is 0 Å². The molecule has 0 atom stereocenters. The van der Waals surface area contributed by atoms with Crippen molar-refractivity contribution in [1.82, 2.24) is 0 Å². The van der Waals surface area contributed by atoms with Crippen LogP contribution in [-0.4, -0.2) is 46.3 Å². The summed E-state index contributed by atoms with van der Waals surface area (Å²) in [6, 6.07) is 0. The third kappa shape index (κ3) is 15.0. The summed E-state index contributed by atoms with van der Waals surface area (Å²) in [5.74, 6) is 0. The average molecular weight is 821 g/mol. The van der Waals surface area contributed by atoms with E-state index >= 15 is 0 Å². The second-order valence-corrected chi connectivity index (χ2v) is 36.2. The van der Waals surface area contributed by atoms with Crippen molar-refractivity contribution in [3.63, 3.8) is 0 Å². The Morgan fingerprint density at radius 1 is 0.370 bits per heavy atom. The molecule has 272 valence electrons. The third-order valence-corrected chi connectivity index (χ3v) is 31.1. The summed E-state index contributed by atoms with van der Waals surface area (Å²) in [5.41, 5.74) is 7.36. The average Bonchev–Trinajstić information content (AvgIpc) is 3.08. The van der Waals surface area contributed by atoms with Crippen molar-refractivity contribution in [3.8, 4) is 0 Å². The van der Waals surface area contributed by atoms with Crippen LogP contribution in [0.3, 0.4) is 0 Å². The molecule has 6 fully saturated rings. The molecule has 46 heavy (non-hydrogen) atoms. The Kier molecular flexibility index (Phi) is 20.4. The van der Waals surface area contributed by atoms with Crippen molar-refractivity contribution in [2.24, 2.45) is 0 Å². The van der Waals surface area contributed by atoms with Crippen molar-refractivity contribution in [2.45, 2.75) is 246 Å². The Labute approximate surface area is 305 Å². The van der Waals surface area contributed by atoms with E-state index in [1.54, 1.807) is 193 Å². The Morgan fingerprint density at radius 3 is 0.652 bits per heavy atom. The van der Waals surface area contributed by atoms with E-state index in [9.17, 15) is 0 Å². The van der Waals surface area contributed by atoms with Crippen LogP contribution < -0.4 is 0 Å². The minimum atomic E-state index is -1.45. The topological polar surface area (TPSA) is 0 Å². The van der Waals surface area contributed by atoms with Crippen molar-refractivity contribution >= 4 is 47.5 Å². The molecule has 0 N–H and O–H groups in total. The Balaban J connectivity index is 0.000000170. The molecular weight excluding hydrogens is 742 g/mol. The van der Waals surface area contributed by atoms with Crippen LogP contribution in [0.2, 0.25) is 19.6 Å². The van der Waals surface area contributed by atoms with Crippen molar-refractivity contribution < 1.29 is 13.5 Å². The molecule has 0 aliphatic heterocycles. The van der Waals surface area contributed by atoms with Gasteiger partial charge in [-0.1, -0.05) is 38.5 Å². The van der Waals surface area contributed by atoms with Gasteiger partial charge in [0.2, 0.25) is 0 Å². The van der Waals surface area contributed by atoms with Crippen LogP contribution in [0.15, 0.2) is 0 Å². The van der Waals surface area contributed by atoms with Crippen LogP contribution in [0.1, 0.15) is 193 Å². The molecule has 0 aromatic rings. The van der Waals surface area contributed by atoms with E-state index in [2.05, 4.69) is 23.9 Å². The van der Waals surface area contributed by atoms with Gasteiger partial charge in [-0.2, -0.15) is 0 Å². The van der Waals surface area contributed by atoms with Crippen LogP contribution in [0.5, 0.6) is 0 Å². The van der Waals surface area contributed by atoms with Crippen molar-refractivity contribution in [3.05, 3.63) is 0 Å². The van der Waals surface area contributed by atoms with Gasteiger partial charge < -0.3 is 0 Å². The molecule has 0 bridgehead atoms. The summed E-state index contributed by atoms with van der Waals surface area (Å²) in [6.07, 6.45) is 47.6. The summed E-state index contributed by atoms with van der Waals surface area (Å²) in [5, 5.41) is 0. The molecule has 0 nitrogen and oxygen atoms in total. The molecule has 6 aliphatic carbocycles. The fourth-order valence-corrected chi connectivity index (χ4v) is 33.4. The molecule has 0 spiro atoms. The maximum absolute atomic E-state index is 5.65. The van der Waals surface area contributed by atoms with E-state index < -0.39 is 21.6 Å². The molecule has 0 radical (unpaired) electrons. The molecule has 0 amide bonds. The van der Waals surface area contributed by atoms with Gasteiger partial charge in [0.05, 0.1) is 34.0 Å². The van der Waals surface area contributed by atoms with Crippen LogP contribution in [0, 0.1) is 0 Å². The normalized spacial score (nSPS) is 26.2. The van der Waals surface area contributed by atoms with Gasteiger partial charge in [-0.3, -0.25) is 0 Å². The quantitative estimate of drug-likeness (QED) is 0.177. The predicted molar refractivity (Wildman–Crippen MR) is 219 cm³/mol. The minimum absolute atomic E-state index is 0.0465. The van der Waals surface area contributed by atoms with Crippen molar-refractivity contribution in [2.75, 3.05) is 0 Å². The SMILES string of the molecule is C1CCC([PH+](C2CCCCC2)C2CCCCC2)CC1.C1CCC([PH+](C2CCCCC2)C2CCCCC2)CC1.C[Si](C)(C)[CH]=[Ru]([Cl])[Cl]. The second kappa shape index (κ2) is 22.9. The van der Waals surface area contributed by atoms with E-state index in [0.29, 0.717) is 0 Å². The summed E-state index contributed by atoms with van der Waals surface area (Å²) in [4.78, 5) is 0. The Hall–Kier alpha value is 2.15. The molecule has 0 saturated heterocycles. The van der Waals surface area contributed by atoms with Gasteiger partial charge in [-0.05, 0) is 154 Å². The summed E-state index contributed by atoms with van der Waals surface area (Å²) in [6.45, 7) is 6.70. The fourth-order valence-electron chi connectivity index (χ4n) is 10.8. The number of hydrogen-bond donors (Lipinski definition) is 0. The molecule has 0 aromatic carbocycles. The Morgan fingerprint density at radius 2 is 0.543 bits per heavy atom. The zero-order chi connectivity index (χ0) is 32.6. The summed E-state index contributed by atoms with van der Waals surface area (Å²) < 4.78 is 2.17. The van der Waals surface area contributed by atoms with E-state index in [-0.39, 0.29) is 15.8 Å². The summed E-state index contributed by atoms with van der Waals surface area (Å²) >= 11 is -1.45. The second-order valence-electron chi connectivity index (χ2n) is 17.7. The zero-order valence-electron chi connectivity index (χ0n) is 30.9. The monoisotopic (exact) mass is 820 g/mol. The number of rotatable bonds is 7. The molecule has 0 heterocycles. The van der Waals surface area contributed by atoms with E-state index in [0.717, 1.165) is 0 Å². The van der Waals surface area contributed by atoms with Gasteiger partial charge in [0.15, 0.2) is 0 Å². The van der Waals surface area contributed by atoms with Crippen LogP contribution in [-0.2, 0) is 13.5 Å². The van der Waals surface area contributed by atoms with Gasteiger partial charge in [0.25, 0.3) is 0 Å². The van der Waals surface area contributed by atoms with E-state index in [4.69, 9.17) is 19.4 Å². The van der Waals surface area contributed by atoms with Gasteiger partial charge in [-0.15, -0.1) is 0 Å². The van der Waals surface area contributed by atoms with Gasteiger partial charge in [0.1, 0.15) is 0 Å². The fraction of sp³-hybridized carbons (Fsp3) is 0.975. The maximum atomic E-state index is 5.65. The first kappa shape index (κ1) is 40.9. The first-order chi connectivity index (χ1) is 22.3. The molecule has 0 unspecified atom stereocenters. The Bertz CT molecular complexity index is 670. The first-order valence-electron chi connectivity index (χ1n) is 20.9. The van der Waals surface area contributed by atoms with Crippen molar-refractivity contribution in [1.29, 1.82) is 0 Å². The van der Waals surface area contributed by atoms with E-state index in [1.165, 1.54) is 34.0 Å². The van der Waals surface area contributed by atoms with E-state index in [1.807, 2.05) is 0 Å². The molecule has 6 saturated carbocycles. The number of hydrogen-bond acceptors (Lipinski definition) is 0.